The van der Waals surface area contributed by atoms with Crippen LogP contribution < -0.4 is 77.8 Å². The van der Waals surface area contributed by atoms with E-state index in [9.17, 15) is 38.4 Å². The van der Waals surface area contributed by atoms with Crippen LogP contribution in [0.3, 0.4) is 0 Å². The number of hydrogen-bond acceptors (Lipinski definition) is 16. The van der Waals surface area contributed by atoms with E-state index in [1.165, 1.54) is 77.0 Å². The lowest BCUT2D eigenvalue weighted by Crippen LogP contribution is -2.51. The van der Waals surface area contributed by atoms with Crippen LogP contribution in [0.5, 0.6) is 0 Å². The summed E-state index contributed by atoms with van der Waals surface area (Å²) >= 11 is 0. The molecule has 0 heterocycles. The van der Waals surface area contributed by atoms with Crippen molar-refractivity contribution in [3.63, 3.8) is 0 Å². The first-order valence-electron chi connectivity index (χ1n) is 38.6. The van der Waals surface area contributed by atoms with Crippen LogP contribution in [0.15, 0.2) is 0 Å². The highest BCUT2D eigenvalue weighted by atomic mass is 16.2. The van der Waals surface area contributed by atoms with E-state index in [-0.39, 0.29) is 47.3 Å². The van der Waals surface area contributed by atoms with Gasteiger partial charge >= 0.3 is 0 Å². The van der Waals surface area contributed by atoms with Crippen LogP contribution in [0.1, 0.15) is 296 Å². The minimum Gasteiger partial charge on any atom is -0.355 e. The maximum absolute atomic E-state index is 13.9. The predicted octanol–water partition coefficient (Wildman–Crippen LogP) is 6.43. The minimum absolute atomic E-state index is 0.0980. The van der Waals surface area contributed by atoms with Crippen molar-refractivity contribution in [1.29, 1.82) is 0 Å². The van der Waals surface area contributed by atoms with Crippen LogP contribution in [0.4, 0.5) is 0 Å². The first-order valence-corrected chi connectivity index (χ1v) is 38.6. The first-order chi connectivity index (χ1) is 46.5. The smallest absolute Gasteiger partial charge is 0.242 e. The summed E-state index contributed by atoms with van der Waals surface area (Å²) in [5.74, 6) is -1.60. The molecule has 24 heteroatoms. The number of nitrogens with zero attached hydrogens (tertiary/aromatic N) is 2. The fourth-order valence-corrected chi connectivity index (χ4v) is 11.7. The number of carbonyl (C=O) groups excluding carboxylic acids is 8. The fraction of sp³-hybridized carbons (Fsp3) is 0.889. The number of unbranched alkanes of at least 4 members (excludes halogenated alkanes) is 25. The van der Waals surface area contributed by atoms with Crippen LogP contribution >= 0.6 is 0 Å². The monoisotopic (exact) mass is 1360 g/mol. The average Bonchev–Trinajstić information content (AvgIpc) is 3.63. The van der Waals surface area contributed by atoms with Crippen molar-refractivity contribution in [2.24, 2.45) is 45.9 Å². The Hall–Kier alpha value is -4.56. The van der Waals surface area contributed by atoms with Gasteiger partial charge in [0, 0.05) is 65.2 Å². The molecule has 0 aliphatic carbocycles. The van der Waals surface area contributed by atoms with E-state index in [2.05, 4.69) is 45.7 Å². The van der Waals surface area contributed by atoms with Gasteiger partial charge < -0.3 is 87.6 Å². The Morgan fingerprint density at radius 1 is 0.271 bits per heavy atom. The Bertz CT molecular complexity index is 1960. The highest BCUT2D eigenvalue weighted by Crippen LogP contribution is 2.16. The number of nitrogens with one attached hydrogen (secondary N) is 6. The van der Waals surface area contributed by atoms with Gasteiger partial charge in [0.2, 0.25) is 47.3 Å². The second kappa shape index (κ2) is 65.1. The Morgan fingerprint density at radius 2 is 0.521 bits per heavy atom. The third kappa shape index (κ3) is 51.6. The molecule has 0 radical (unpaired) electrons. The summed E-state index contributed by atoms with van der Waals surface area (Å²) in [6.45, 7) is 10.1. The van der Waals surface area contributed by atoms with E-state index in [1.807, 2.05) is 9.80 Å². The quantitative estimate of drug-likeness (QED) is 0.0292. The standard InChI is InChI=1S/C72H146N16O8/c1-3-5-7-9-11-13-15-17-22-45-65(89)87(57-37-53-81-67(91)59(77)41-27-33-51-83-71(95)63(43-21-19-20-29-47-73)85-69(93)61(79)39-24-30-48-74)55-35-36-56-88(66(90)46-23-18-16-14-12-10-8-6-4-2)58-38-54-82-68(92)60(78)42-28-34-52-84-72(96)64(44-26-32-50-76)86-70(94)62(80)40-25-31-49-75/h59-64H,3-58,73-80H2,1-2H3,(H,81,91)(H,82,92)(H,83,95)(H,84,96)(H,85,93)(H,86,94)/t59-,60-,61-,62-,63-,64-/m0/s1. The Labute approximate surface area is 581 Å². The van der Waals surface area contributed by atoms with Crippen molar-refractivity contribution >= 4 is 47.3 Å². The summed E-state index contributed by atoms with van der Waals surface area (Å²) in [6.07, 6.45) is 37.3. The van der Waals surface area contributed by atoms with Gasteiger partial charge in [0.05, 0.1) is 24.2 Å². The Kier molecular flexibility index (Phi) is 62.0. The molecule has 0 rings (SSSR count). The van der Waals surface area contributed by atoms with E-state index < -0.39 is 36.3 Å². The van der Waals surface area contributed by atoms with Gasteiger partial charge in [0.15, 0.2) is 0 Å². The second-order valence-electron chi connectivity index (χ2n) is 26.9. The van der Waals surface area contributed by atoms with Crippen molar-refractivity contribution in [3.8, 4) is 0 Å². The molecule has 0 saturated carbocycles. The van der Waals surface area contributed by atoms with Gasteiger partial charge in [-0.05, 0) is 161 Å². The molecule has 6 atom stereocenters. The normalized spacial score (nSPS) is 13.2. The molecule has 0 bridgehead atoms. The molecule has 96 heavy (non-hydrogen) atoms. The molecule has 0 aliphatic heterocycles. The van der Waals surface area contributed by atoms with Crippen LogP contribution in [-0.2, 0) is 38.4 Å². The van der Waals surface area contributed by atoms with E-state index in [1.54, 1.807) is 0 Å². The number of hydrogen-bond donors (Lipinski definition) is 14. The van der Waals surface area contributed by atoms with Crippen molar-refractivity contribution < 1.29 is 38.4 Å². The van der Waals surface area contributed by atoms with Gasteiger partial charge in [-0.1, -0.05) is 149 Å². The lowest BCUT2D eigenvalue weighted by molar-refractivity contribution is -0.133. The molecule has 0 aromatic rings. The van der Waals surface area contributed by atoms with Gasteiger partial charge in [-0.3, -0.25) is 38.4 Å². The van der Waals surface area contributed by atoms with Crippen molar-refractivity contribution in [2.75, 3.05) is 78.5 Å². The van der Waals surface area contributed by atoms with E-state index in [0.29, 0.717) is 188 Å². The largest absolute Gasteiger partial charge is 0.355 e. The molecule has 0 saturated heterocycles. The van der Waals surface area contributed by atoms with Crippen molar-refractivity contribution in [2.45, 2.75) is 333 Å². The molecule has 8 amide bonds. The summed E-state index contributed by atoms with van der Waals surface area (Å²) in [7, 11) is 0. The molecule has 562 valence electrons. The lowest BCUT2D eigenvalue weighted by atomic mass is 10.0. The predicted molar refractivity (Wildman–Crippen MR) is 392 cm³/mol. The first kappa shape index (κ1) is 91.4. The molecule has 0 aromatic carbocycles. The zero-order chi connectivity index (χ0) is 71.1. The zero-order valence-corrected chi connectivity index (χ0v) is 60.8. The third-order valence-electron chi connectivity index (χ3n) is 18.0. The molecule has 0 aliphatic rings. The number of nitrogens with two attached hydrogens (primary N) is 8. The maximum Gasteiger partial charge on any atom is 0.242 e. The lowest BCUT2D eigenvalue weighted by Gasteiger charge is -2.26. The summed E-state index contributed by atoms with van der Waals surface area (Å²) in [4.78, 5) is 110. The molecular weight excluding hydrogens is 1220 g/mol. The van der Waals surface area contributed by atoms with Crippen LogP contribution in [0, 0.1) is 0 Å². The van der Waals surface area contributed by atoms with E-state index >= 15 is 0 Å². The molecule has 0 unspecified atom stereocenters. The van der Waals surface area contributed by atoms with Crippen LogP contribution in [-0.4, -0.2) is 172 Å². The molecule has 0 spiro atoms. The van der Waals surface area contributed by atoms with E-state index in [4.69, 9.17) is 45.9 Å². The summed E-state index contributed by atoms with van der Waals surface area (Å²) in [5, 5.41) is 17.5. The second-order valence-corrected chi connectivity index (χ2v) is 26.9. The van der Waals surface area contributed by atoms with Crippen LogP contribution in [0.25, 0.3) is 0 Å². The number of amides is 8. The molecule has 0 fully saturated rings. The summed E-state index contributed by atoms with van der Waals surface area (Å²) in [5.41, 5.74) is 47.4. The fourth-order valence-electron chi connectivity index (χ4n) is 11.7. The Morgan fingerprint density at radius 3 is 0.875 bits per heavy atom. The number of carbonyl (C=O) groups is 8. The van der Waals surface area contributed by atoms with Crippen molar-refractivity contribution in [3.05, 3.63) is 0 Å². The SMILES string of the molecule is CCCCCCCCCCCC(=O)N(CCCCN(CCCNC(=O)[C@@H](N)CCCCNC(=O)[C@H](CCCCCCN)NC(=O)[C@@H](N)CCCCN)C(=O)CCCCCCCCCCC)CCCNC(=O)[C@@H](N)CCCCNC(=O)[C@H](CCCCN)NC(=O)[C@@H](N)CCCCN. The average molecular weight is 1360 g/mol. The van der Waals surface area contributed by atoms with Gasteiger partial charge in [-0.25, -0.2) is 0 Å². The zero-order valence-electron chi connectivity index (χ0n) is 60.8. The molecule has 0 aromatic heterocycles. The van der Waals surface area contributed by atoms with Crippen molar-refractivity contribution in [1.82, 2.24) is 41.7 Å². The maximum atomic E-state index is 13.9. The highest BCUT2D eigenvalue weighted by Gasteiger charge is 2.26. The van der Waals surface area contributed by atoms with Gasteiger partial charge in [-0.15, -0.1) is 0 Å². The minimum atomic E-state index is -0.739. The summed E-state index contributed by atoms with van der Waals surface area (Å²) < 4.78 is 0. The topological polar surface area (TPSA) is 423 Å². The molecule has 24 nitrogen and oxygen atoms in total. The number of rotatable bonds is 69. The third-order valence-corrected chi connectivity index (χ3v) is 18.0. The van der Waals surface area contributed by atoms with E-state index in [0.717, 1.165) is 96.3 Å². The summed E-state index contributed by atoms with van der Waals surface area (Å²) in [6, 6.07) is -4.34. The van der Waals surface area contributed by atoms with Crippen LogP contribution in [0.2, 0.25) is 0 Å². The van der Waals surface area contributed by atoms with Gasteiger partial charge in [0.25, 0.3) is 0 Å². The molecular formula is C72H146N16O8. The van der Waals surface area contributed by atoms with Gasteiger partial charge in [-0.2, -0.15) is 0 Å². The molecule has 22 N–H and O–H groups in total. The highest BCUT2D eigenvalue weighted by molar-refractivity contribution is 5.90. The van der Waals surface area contributed by atoms with Gasteiger partial charge in [0.1, 0.15) is 12.1 Å². The Balaban J connectivity index is 5.58.